The van der Waals surface area contributed by atoms with E-state index in [1.165, 1.54) is 0 Å². The van der Waals surface area contributed by atoms with Crippen LogP contribution in [0.3, 0.4) is 0 Å². The van der Waals surface area contributed by atoms with E-state index in [0.29, 0.717) is 11.4 Å². The van der Waals surface area contributed by atoms with Crippen molar-refractivity contribution in [2.75, 3.05) is 18.4 Å². The average Bonchev–Trinajstić information content (AvgIpc) is 2.36. The molecule has 6 nitrogen and oxygen atoms in total. The lowest BCUT2D eigenvalue weighted by atomic mass is 10.2. The number of rotatable bonds is 7. The number of carbonyl (C=O) groups excluding carboxylic acids is 2. The first kappa shape index (κ1) is 15.4. The van der Waals surface area contributed by atoms with Crippen molar-refractivity contribution in [1.29, 1.82) is 0 Å². The summed E-state index contributed by atoms with van der Waals surface area (Å²) in [5.41, 5.74) is 5.45. The predicted octanol–water partition coefficient (Wildman–Crippen LogP) is 1.27. The molecule has 0 saturated carbocycles. The van der Waals surface area contributed by atoms with Gasteiger partial charge in [0.15, 0.2) is 0 Å². The van der Waals surface area contributed by atoms with E-state index < -0.39 is 5.91 Å². The third-order valence-corrected chi connectivity index (χ3v) is 2.73. The lowest BCUT2D eigenvalue weighted by molar-refractivity contribution is -0.117. The molecule has 0 aromatic carbocycles. The van der Waals surface area contributed by atoms with Gasteiger partial charge in [-0.15, -0.1) is 0 Å². The third-order valence-electron chi connectivity index (χ3n) is 2.30. The molecule has 0 fully saturated rings. The lowest BCUT2D eigenvalue weighted by Gasteiger charge is -2.10. The Kier molecular flexibility index (Phi) is 6.27. The van der Waals surface area contributed by atoms with Gasteiger partial charge in [-0.1, -0.05) is 6.92 Å². The topological polar surface area (TPSA) is 97.1 Å². The number of primary amides is 1. The van der Waals surface area contributed by atoms with Crippen LogP contribution in [-0.2, 0) is 4.79 Å². The first-order valence-electron chi connectivity index (χ1n) is 6.00. The van der Waals surface area contributed by atoms with Crippen LogP contribution in [0.4, 0.5) is 5.82 Å². The van der Waals surface area contributed by atoms with E-state index in [0.717, 1.165) is 17.4 Å². The molecule has 0 aliphatic heterocycles. The number of hydrogen-bond acceptors (Lipinski definition) is 4. The summed E-state index contributed by atoms with van der Waals surface area (Å²) in [5, 5.41) is 5.72. The maximum absolute atomic E-state index is 12.0. The number of hydrogen-bond donors (Lipinski definition) is 3. The second kappa shape index (κ2) is 7.73. The highest BCUT2D eigenvalue weighted by molar-refractivity contribution is 9.10. The summed E-state index contributed by atoms with van der Waals surface area (Å²) in [7, 11) is 0. The summed E-state index contributed by atoms with van der Waals surface area (Å²) >= 11 is 3.28. The van der Waals surface area contributed by atoms with Crippen molar-refractivity contribution in [1.82, 2.24) is 10.3 Å². The summed E-state index contributed by atoms with van der Waals surface area (Å²) < 4.78 is 0.717. The fourth-order valence-corrected chi connectivity index (χ4v) is 1.72. The maximum Gasteiger partial charge on any atom is 0.255 e. The van der Waals surface area contributed by atoms with Crippen LogP contribution in [0.15, 0.2) is 16.7 Å². The largest absolute Gasteiger partial charge is 0.370 e. The molecule has 19 heavy (non-hydrogen) atoms. The number of nitrogens with two attached hydrogens (primary N) is 1. The molecule has 0 aliphatic carbocycles. The van der Waals surface area contributed by atoms with Crippen molar-refractivity contribution in [3.63, 3.8) is 0 Å². The molecule has 1 rings (SSSR count). The van der Waals surface area contributed by atoms with Gasteiger partial charge in [0.2, 0.25) is 5.91 Å². The molecule has 1 heterocycles. The fourth-order valence-electron chi connectivity index (χ4n) is 1.39. The monoisotopic (exact) mass is 328 g/mol. The number of anilines is 1. The molecular weight excluding hydrogens is 312 g/mol. The van der Waals surface area contributed by atoms with Gasteiger partial charge in [0, 0.05) is 30.2 Å². The fraction of sp³-hybridized carbons (Fsp3) is 0.417. The van der Waals surface area contributed by atoms with Crippen molar-refractivity contribution < 1.29 is 9.59 Å². The molecule has 1 aromatic rings. The van der Waals surface area contributed by atoms with Crippen molar-refractivity contribution in [2.45, 2.75) is 19.8 Å². The molecule has 7 heteroatoms. The number of aromatic nitrogens is 1. The highest BCUT2D eigenvalue weighted by Gasteiger charge is 2.13. The predicted molar refractivity (Wildman–Crippen MR) is 76.9 cm³/mol. The van der Waals surface area contributed by atoms with E-state index in [1.807, 2.05) is 6.92 Å². The summed E-state index contributed by atoms with van der Waals surface area (Å²) in [6.45, 7) is 2.97. The van der Waals surface area contributed by atoms with Gasteiger partial charge >= 0.3 is 0 Å². The number of nitrogens with zero attached hydrogens (tertiary/aromatic N) is 1. The van der Waals surface area contributed by atoms with Crippen molar-refractivity contribution in [2.24, 2.45) is 5.73 Å². The second-order valence-electron chi connectivity index (χ2n) is 3.95. The average molecular weight is 329 g/mol. The van der Waals surface area contributed by atoms with Crippen molar-refractivity contribution in [3.05, 3.63) is 22.3 Å². The van der Waals surface area contributed by atoms with E-state index in [9.17, 15) is 9.59 Å². The van der Waals surface area contributed by atoms with Crippen LogP contribution < -0.4 is 16.4 Å². The van der Waals surface area contributed by atoms with Crippen LogP contribution in [0.1, 0.15) is 30.1 Å². The molecule has 0 aliphatic rings. The Hall–Kier alpha value is -1.63. The maximum atomic E-state index is 12.0. The van der Waals surface area contributed by atoms with Crippen molar-refractivity contribution in [3.8, 4) is 0 Å². The first-order chi connectivity index (χ1) is 9.04. The molecule has 0 saturated heterocycles. The molecule has 0 radical (unpaired) electrons. The van der Waals surface area contributed by atoms with Crippen LogP contribution in [0.2, 0.25) is 0 Å². The number of halogens is 1. The quantitative estimate of drug-likeness (QED) is 0.702. The summed E-state index contributed by atoms with van der Waals surface area (Å²) in [6, 6.07) is 1.69. The highest BCUT2D eigenvalue weighted by atomic mass is 79.9. The molecular formula is C12H17BrN4O2. The molecule has 4 N–H and O–H groups in total. The zero-order valence-electron chi connectivity index (χ0n) is 10.7. The Bertz CT molecular complexity index is 465. The van der Waals surface area contributed by atoms with Gasteiger partial charge in [0.1, 0.15) is 5.82 Å². The minimum absolute atomic E-state index is 0.116. The minimum Gasteiger partial charge on any atom is -0.370 e. The molecule has 0 bridgehead atoms. The van der Waals surface area contributed by atoms with Crippen LogP contribution >= 0.6 is 15.9 Å². The van der Waals surface area contributed by atoms with Gasteiger partial charge in [-0.3, -0.25) is 9.59 Å². The number of amides is 2. The van der Waals surface area contributed by atoms with E-state index in [2.05, 4.69) is 31.5 Å². The standard InChI is InChI=1S/C12H17BrN4O2/c1-2-4-15-11-9(6-8(13)7-17-11)12(19)16-5-3-10(14)18/h6-7H,2-5H2,1H3,(H2,14,18)(H,15,17)(H,16,19). The smallest absolute Gasteiger partial charge is 0.255 e. The second-order valence-corrected chi connectivity index (χ2v) is 4.86. The van der Waals surface area contributed by atoms with Gasteiger partial charge in [-0.05, 0) is 28.4 Å². The van der Waals surface area contributed by atoms with Crippen molar-refractivity contribution >= 4 is 33.6 Å². The lowest BCUT2D eigenvalue weighted by Crippen LogP contribution is -2.28. The Morgan fingerprint density at radius 2 is 2.16 bits per heavy atom. The Labute approximate surface area is 120 Å². The molecule has 0 atom stereocenters. The number of carbonyl (C=O) groups is 2. The van der Waals surface area contributed by atoms with Gasteiger partial charge in [-0.25, -0.2) is 4.98 Å². The number of pyridine rings is 1. The van der Waals surface area contributed by atoms with Crippen LogP contribution in [-0.4, -0.2) is 29.9 Å². The van der Waals surface area contributed by atoms with Crippen LogP contribution in [0.25, 0.3) is 0 Å². The van der Waals surface area contributed by atoms with Crippen LogP contribution in [0.5, 0.6) is 0 Å². The SMILES string of the molecule is CCCNc1ncc(Br)cc1C(=O)NCCC(N)=O. The van der Waals surface area contributed by atoms with Crippen LogP contribution in [0, 0.1) is 0 Å². The number of nitrogens with one attached hydrogen (secondary N) is 2. The van der Waals surface area contributed by atoms with Gasteiger partial charge in [0.05, 0.1) is 5.56 Å². The molecule has 104 valence electrons. The molecule has 0 unspecified atom stereocenters. The van der Waals surface area contributed by atoms with E-state index >= 15 is 0 Å². The Morgan fingerprint density at radius 3 is 2.79 bits per heavy atom. The zero-order chi connectivity index (χ0) is 14.3. The first-order valence-corrected chi connectivity index (χ1v) is 6.79. The van der Waals surface area contributed by atoms with E-state index in [1.54, 1.807) is 12.3 Å². The van der Waals surface area contributed by atoms with Gasteiger partial charge in [-0.2, -0.15) is 0 Å². The Morgan fingerprint density at radius 1 is 1.42 bits per heavy atom. The normalized spacial score (nSPS) is 10.0. The third kappa shape index (κ3) is 5.25. The summed E-state index contributed by atoms with van der Waals surface area (Å²) in [4.78, 5) is 26.8. The van der Waals surface area contributed by atoms with Gasteiger partial charge < -0.3 is 16.4 Å². The summed E-state index contributed by atoms with van der Waals surface area (Å²) in [5.74, 6) is -0.202. The van der Waals surface area contributed by atoms with E-state index in [-0.39, 0.29) is 18.9 Å². The van der Waals surface area contributed by atoms with E-state index in [4.69, 9.17) is 5.73 Å². The molecule has 1 aromatic heterocycles. The molecule has 0 spiro atoms. The summed E-state index contributed by atoms with van der Waals surface area (Å²) in [6.07, 6.45) is 2.67. The minimum atomic E-state index is -0.447. The Balaban J connectivity index is 2.75. The highest BCUT2D eigenvalue weighted by Crippen LogP contribution is 2.18. The zero-order valence-corrected chi connectivity index (χ0v) is 12.3. The van der Waals surface area contributed by atoms with Gasteiger partial charge in [0.25, 0.3) is 5.91 Å². The molecule has 2 amide bonds.